The van der Waals surface area contributed by atoms with Crippen LogP contribution in [0.2, 0.25) is 0 Å². The molecule has 0 fully saturated rings. The van der Waals surface area contributed by atoms with Crippen molar-refractivity contribution in [3.05, 3.63) is 96.1 Å². The normalized spacial score (nSPS) is 10.4. The molecule has 3 aromatic carbocycles. The van der Waals surface area contributed by atoms with E-state index in [1.54, 1.807) is 6.92 Å². The molecule has 0 aliphatic rings. The van der Waals surface area contributed by atoms with Crippen LogP contribution < -0.4 is 0 Å². The second-order valence-corrected chi connectivity index (χ2v) is 6.45. The zero-order valence-corrected chi connectivity index (χ0v) is 15.3. The first-order valence-electron chi connectivity index (χ1n) is 8.79. The van der Waals surface area contributed by atoms with Gasteiger partial charge in [-0.15, -0.1) is 0 Å². The van der Waals surface area contributed by atoms with Gasteiger partial charge in [0.05, 0.1) is 6.61 Å². The summed E-state index contributed by atoms with van der Waals surface area (Å²) in [7, 11) is 0. The van der Waals surface area contributed by atoms with Gasteiger partial charge in [0.2, 0.25) is 0 Å². The Labute approximate surface area is 159 Å². The minimum absolute atomic E-state index is 0.0476. The van der Waals surface area contributed by atoms with Gasteiger partial charge in [0.1, 0.15) is 6.61 Å². The van der Waals surface area contributed by atoms with Crippen molar-refractivity contribution in [3.63, 3.8) is 0 Å². The third-order valence-corrected chi connectivity index (χ3v) is 4.39. The molecule has 0 amide bonds. The van der Waals surface area contributed by atoms with Crippen LogP contribution >= 0.6 is 0 Å². The zero-order valence-electron chi connectivity index (χ0n) is 15.3. The molecular weight excluding hydrogens is 336 g/mol. The highest BCUT2D eigenvalue weighted by molar-refractivity contribution is 5.87. The summed E-state index contributed by atoms with van der Waals surface area (Å²) in [5, 5.41) is 9.16. The van der Waals surface area contributed by atoms with E-state index in [1.165, 1.54) is 0 Å². The lowest BCUT2D eigenvalue weighted by Gasteiger charge is -2.11. The van der Waals surface area contributed by atoms with Gasteiger partial charge in [-0.25, -0.2) is 4.79 Å². The Kier molecular flexibility index (Phi) is 5.84. The monoisotopic (exact) mass is 358 g/mol. The number of carbonyl (C=O) groups is 1. The first kappa shape index (κ1) is 18.6. The predicted molar refractivity (Wildman–Crippen MR) is 108 cm³/mol. The summed E-state index contributed by atoms with van der Waals surface area (Å²) < 4.78 is 5.31. The molecule has 0 spiro atoms. The lowest BCUT2D eigenvalue weighted by molar-refractivity contribution is -0.140. The number of ether oxygens (including phenoxy) is 1. The summed E-state index contributed by atoms with van der Waals surface area (Å²) in [6.07, 6.45) is 0. The summed E-state index contributed by atoms with van der Waals surface area (Å²) >= 11 is 0. The van der Waals surface area contributed by atoms with E-state index < -0.39 is 0 Å². The van der Waals surface area contributed by atoms with Crippen LogP contribution in [0, 0.1) is 0 Å². The number of rotatable bonds is 6. The Morgan fingerprint density at radius 2 is 1.44 bits per heavy atom. The van der Waals surface area contributed by atoms with Crippen molar-refractivity contribution >= 4 is 5.97 Å². The van der Waals surface area contributed by atoms with Crippen molar-refractivity contribution in [2.45, 2.75) is 20.1 Å². The van der Waals surface area contributed by atoms with Crippen LogP contribution in [0.5, 0.6) is 0 Å². The fourth-order valence-electron chi connectivity index (χ4n) is 2.84. The Bertz CT molecular complexity index is 938. The van der Waals surface area contributed by atoms with Crippen molar-refractivity contribution in [3.8, 4) is 22.3 Å². The van der Waals surface area contributed by atoms with E-state index in [1.807, 2.05) is 48.5 Å². The van der Waals surface area contributed by atoms with Gasteiger partial charge in [-0.05, 0) is 40.3 Å². The van der Waals surface area contributed by atoms with E-state index in [-0.39, 0.29) is 19.2 Å². The van der Waals surface area contributed by atoms with Gasteiger partial charge in [-0.3, -0.25) is 0 Å². The second kappa shape index (κ2) is 8.47. The van der Waals surface area contributed by atoms with Crippen molar-refractivity contribution in [2.75, 3.05) is 0 Å². The maximum absolute atomic E-state index is 11.7. The van der Waals surface area contributed by atoms with E-state index >= 15 is 0 Å². The number of benzene rings is 3. The van der Waals surface area contributed by atoms with Gasteiger partial charge in [0.25, 0.3) is 0 Å². The molecule has 0 saturated carbocycles. The van der Waals surface area contributed by atoms with Gasteiger partial charge in [-0.2, -0.15) is 0 Å². The summed E-state index contributed by atoms with van der Waals surface area (Å²) in [5.74, 6) is -0.383. The molecule has 3 aromatic rings. The maximum atomic E-state index is 11.7. The van der Waals surface area contributed by atoms with Crippen molar-refractivity contribution in [1.82, 2.24) is 0 Å². The Hall–Kier alpha value is -3.17. The molecule has 27 heavy (non-hydrogen) atoms. The van der Waals surface area contributed by atoms with E-state index in [9.17, 15) is 4.79 Å². The molecule has 0 bridgehead atoms. The van der Waals surface area contributed by atoms with E-state index in [2.05, 4.69) is 30.8 Å². The quantitative estimate of drug-likeness (QED) is 0.491. The number of aliphatic hydroxyl groups is 1. The fraction of sp³-hybridized carbons (Fsp3) is 0.125. The zero-order chi connectivity index (χ0) is 19.2. The first-order valence-corrected chi connectivity index (χ1v) is 8.79. The average Bonchev–Trinajstić information content (AvgIpc) is 2.72. The molecule has 0 unspecified atom stereocenters. The summed E-state index contributed by atoms with van der Waals surface area (Å²) in [5.41, 5.74) is 6.54. The molecule has 0 saturated heterocycles. The molecule has 0 radical (unpaired) electrons. The van der Waals surface area contributed by atoms with Crippen LogP contribution in [0.15, 0.2) is 84.9 Å². The summed E-state index contributed by atoms with van der Waals surface area (Å²) in [6.45, 7) is 5.51. The molecule has 1 N–H and O–H groups in total. The Balaban J connectivity index is 1.82. The third kappa shape index (κ3) is 4.52. The van der Waals surface area contributed by atoms with Crippen LogP contribution in [-0.2, 0) is 22.7 Å². The van der Waals surface area contributed by atoms with Crippen LogP contribution in [0.1, 0.15) is 18.1 Å². The molecule has 0 aliphatic carbocycles. The molecule has 0 atom stereocenters. The SMILES string of the molecule is C=C(C)C(=O)OCc1ccccc1-c1ccc(-c2ccc(CO)cc2)cc1. The molecule has 136 valence electrons. The smallest absolute Gasteiger partial charge is 0.333 e. The number of carbonyl (C=O) groups excluding carboxylic acids is 1. The maximum Gasteiger partial charge on any atom is 0.333 e. The van der Waals surface area contributed by atoms with Crippen LogP contribution in [0.25, 0.3) is 22.3 Å². The predicted octanol–water partition coefficient (Wildman–Crippen LogP) is 5.13. The fourth-order valence-corrected chi connectivity index (χ4v) is 2.84. The van der Waals surface area contributed by atoms with E-state index in [0.29, 0.717) is 5.57 Å². The standard InChI is InChI=1S/C24H22O3/c1-17(2)24(26)27-16-22-5-3-4-6-23(22)21-13-11-20(12-14-21)19-9-7-18(15-25)8-10-19/h3-14,25H,1,15-16H2,2H3. The van der Waals surface area contributed by atoms with Gasteiger partial charge in [0.15, 0.2) is 0 Å². The number of hydrogen-bond donors (Lipinski definition) is 1. The van der Waals surface area contributed by atoms with Gasteiger partial charge in [-0.1, -0.05) is 79.4 Å². The molecule has 0 heterocycles. The van der Waals surface area contributed by atoms with Crippen molar-refractivity contribution in [1.29, 1.82) is 0 Å². The first-order chi connectivity index (χ1) is 13.1. The molecule has 3 heteroatoms. The highest BCUT2D eigenvalue weighted by Crippen LogP contribution is 2.28. The van der Waals surface area contributed by atoms with Crippen LogP contribution in [0.3, 0.4) is 0 Å². The largest absolute Gasteiger partial charge is 0.457 e. The van der Waals surface area contributed by atoms with Crippen LogP contribution in [0.4, 0.5) is 0 Å². The average molecular weight is 358 g/mol. The topological polar surface area (TPSA) is 46.5 Å². The Morgan fingerprint density at radius 3 is 2.04 bits per heavy atom. The summed E-state index contributed by atoms with van der Waals surface area (Å²) in [6, 6.07) is 24.0. The van der Waals surface area contributed by atoms with Crippen LogP contribution in [-0.4, -0.2) is 11.1 Å². The third-order valence-electron chi connectivity index (χ3n) is 4.39. The minimum atomic E-state index is -0.383. The lowest BCUT2D eigenvalue weighted by atomic mass is 9.97. The van der Waals surface area contributed by atoms with E-state index in [4.69, 9.17) is 9.84 Å². The molecular formula is C24H22O3. The van der Waals surface area contributed by atoms with Crippen molar-refractivity contribution < 1.29 is 14.6 Å². The molecule has 0 aromatic heterocycles. The van der Waals surface area contributed by atoms with Gasteiger partial charge >= 0.3 is 5.97 Å². The number of esters is 1. The van der Waals surface area contributed by atoms with E-state index in [0.717, 1.165) is 33.4 Å². The minimum Gasteiger partial charge on any atom is -0.457 e. The second-order valence-electron chi connectivity index (χ2n) is 6.45. The lowest BCUT2D eigenvalue weighted by Crippen LogP contribution is -2.05. The van der Waals surface area contributed by atoms with Gasteiger partial charge in [0, 0.05) is 5.57 Å². The highest BCUT2D eigenvalue weighted by Gasteiger charge is 2.09. The highest BCUT2D eigenvalue weighted by atomic mass is 16.5. The molecule has 3 nitrogen and oxygen atoms in total. The number of aliphatic hydroxyl groups excluding tert-OH is 1. The Morgan fingerprint density at radius 1 is 0.889 bits per heavy atom. The van der Waals surface area contributed by atoms with Crippen molar-refractivity contribution in [2.24, 2.45) is 0 Å². The van der Waals surface area contributed by atoms with Gasteiger partial charge < -0.3 is 9.84 Å². The molecule has 3 rings (SSSR count). The molecule has 0 aliphatic heterocycles. The number of hydrogen-bond acceptors (Lipinski definition) is 3. The summed E-state index contributed by atoms with van der Waals surface area (Å²) in [4.78, 5) is 11.7.